The Morgan fingerprint density at radius 1 is 1.35 bits per heavy atom. The number of rotatable bonds is 4. The lowest BCUT2D eigenvalue weighted by molar-refractivity contribution is -0.153. The molecule has 0 bridgehead atoms. The molecule has 2 aliphatic heterocycles. The van der Waals surface area contributed by atoms with Crippen molar-refractivity contribution in [1.82, 2.24) is 4.90 Å². The molecule has 1 N–H and O–H groups in total. The molecule has 1 aromatic rings. The minimum atomic E-state index is -0.510. The van der Waals surface area contributed by atoms with Crippen LogP contribution in [0.3, 0.4) is 0 Å². The topological polar surface area (TPSA) is 40.5 Å². The number of aliphatic hydroxyl groups is 1. The third-order valence-electron chi connectivity index (χ3n) is 5.09. The van der Waals surface area contributed by atoms with E-state index in [1.54, 1.807) is 11.8 Å². The Balaban J connectivity index is 1.46. The van der Waals surface area contributed by atoms with Gasteiger partial charge in [-0.25, -0.2) is 0 Å². The number of fused-ring (bicyclic) bond motifs is 2. The number of hydrogen-bond acceptors (Lipinski definition) is 4. The smallest absolute Gasteiger partial charge is 0.236 e. The van der Waals surface area contributed by atoms with Crippen molar-refractivity contribution in [3.8, 4) is 0 Å². The standard InChI is InChI=1S/C18H21NO2S2/c1-3-14(20)15-16(21)19-10(2)18(23-17(15)19)22-13-8-11-6-4-5-7-12(11)9-13/h4-7,13-15,17,20H,3,8-9H2,1-2H3/t14-,15+,17+/m0/s1. The van der Waals surface area contributed by atoms with E-state index in [0.717, 1.165) is 18.5 Å². The van der Waals surface area contributed by atoms with Crippen molar-refractivity contribution in [1.29, 1.82) is 0 Å². The number of β-lactam (4-membered cyclic amide) rings is 1. The molecule has 4 rings (SSSR count). The van der Waals surface area contributed by atoms with Crippen LogP contribution in [0.4, 0.5) is 0 Å². The Bertz CT molecular complexity index is 662. The van der Waals surface area contributed by atoms with E-state index in [2.05, 4.69) is 24.3 Å². The first-order chi connectivity index (χ1) is 11.1. The van der Waals surface area contributed by atoms with Crippen LogP contribution in [0.5, 0.6) is 0 Å². The first-order valence-corrected chi connectivity index (χ1v) is 9.98. The van der Waals surface area contributed by atoms with Crippen LogP contribution in [0, 0.1) is 5.92 Å². The summed E-state index contributed by atoms with van der Waals surface area (Å²) < 4.78 is 1.27. The predicted octanol–water partition coefficient (Wildman–Crippen LogP) is 3.38. The van der Waals surface area contributed by atoms with E-state index in [9.17, 15) is 9.90 Å². The second-order valence-electron chi connectivity index (χ2n) is 6.51. The molecule has 0 radical (unpaired) electrons. The molecule has 1 aliphatic carbocycles. The van der Waals surface area contributed by atoms with Crippen molar-refractivity contribution in [3.05, 3.63) is 45.3 Å². The highest BCUT2D eigenvalue weighted by Crippen LogP contribution is 2.55. The first kappa shape index (κ1) is 15.6. The van der Waals surface area contributed by atoms with Gasteiger partial charge in [0.1, 0.15) is 5.37 Å². The van der Waals surface area contributed by atoms with Crippen LogP contribution in [-0.2, 0) is 17.6 Å². The van der Waals surface area contributed by atoms with Gasteiger partial charge in [0.05, 0.1) is 16.3 Å². The zero-order valence-corrected chi connectivity index (χ0v) is 15.0. The molecule has 3 aliphatic rings. The molecular weight excluding hydrogens is 326 g/mol. The summed E-state index contributed by atoms with van der Waals surface area (Å²) in [5.74, 6) is -0.126. The maximum absolute atomic E-state index is 12.3. The fourth-order valence-corrected chi connectivity index (χ4v) is 7.06. The SMILES string of the molecule is CC[C@H](O)[C@@H]1C(=O)N2C(C)=C(SC3Cc4ccccc4C3)S[C@H]12. The van der Waals surface area contributed by atoms with Gasteiger partial charge in [-0.05, 0) is 37.3 Å². The van der Waals surface area contributed by atoms with Gasteiger partial charge in [-0.2, -0.15) is 0 Å². The van der Waals surface area contributed by atoms with Gasteiger partial charge in [0.15, 0.2) is 0 Å². The van der Waals surface area contributed by atoms with Crippen LogP contribution in [0.15, 0.2) is 34.2 Å². The highest BCUT2D eigenvalue weighted by molar-refractivity contribution is 8.23. The molecule has 0 spiro atoms. The maximum atomic E-state index is 12.3. The van der Waals surface area contributed by atoms with Crippen molar-refractivity contribution in [2.75, 3.05) is 0 Å². The second-order valence-corrected chi connectivity index (χ2v) is 9.20. The largest absolute Gasteiger partial charge is 0.392 e. The number of carbonyl (C=O) groups excluding carboxylic acids is 1. The molecule has 122 valence electrons. The number of thioether (sulfide) groups is 2. The fourth-order valence-electron chi connectivity index (χ4n) is 3.74. The third-order valence-corrected chi connectivity index (χ3v) is 8.10. The Hall–Kier alpha value is -0.910. The first-order valence-electron chi connectivity index (χ1n) is 8.22. The number of nitrogens with zero attached hydrogens (tertiary/aromatic N) is 1. The minimum absolute atomic E-state index is 0.0969. The highest BCUT2D eigenvalue weighted by Gasteiger charge is 2.55. The van der Waals surface area contributed by atoms with Gasteiger partial charge >= 0.3 is 0 Å². The van der Waals surface area contributed by atoms with Crippen LogP contribution >= 0.6 is 23.5 Å². The average Bonchev–Trinajstić information content (AvgIpc) is 3.06. The quantitative estimate of drug-likeness (QED) is 0.848. The number of hydrogen-bond donors (Lipinski definition) is 1. The van der Waals surface area contributed by atoms with E-state index in [0.29, 0.717) is 11.7 Å². The molecule has 2 heterocycles. The summed E-state index contributed by atoms with van der Waals surface area (Å²) in [7, 11) is 0. The molecule has 1 saturated heterocycles. The van der Waals surface area contributed by atoms with Crippen molar-refractivity contribution < 1.29 is 9.90 Å². The van der Waals surface area contributed by atoms with E-state index >= 15 is 0 Å². The Morgan fingerprint density at radius 2 is 2.00 bits per heavy atom. The number of allylic oxidation sites excluding steroid dienone is 1. The average molecular weight is 348 g/mol. The van der Waals surface area contributed by atoms with Crippen LogP contribution in [0.1, 0.15) is 31.4 Å². The normalized spacial score (nSPS) is 28.0. The molecule has 0 unspecified atom stereocenters. The van der Waals surface area contributed by atoms with Gasteiger partial charge in [-0.15, -0.1) is 11.8 Å². The number of aliphatic hydroxyl groups excluding tert-OH is 1. The number of benzene rings is 1. The summed E-state index contributed by atoms with van der Waals surface area (Å²) in [5.41, 5.74) is 4.01. The molecule has 1 amide bonds. The van der Waals surface area contributed by atoms with Crippen molar-refractivity contribution >= 4 is 29.4 Å². The molecule has 0 aromatic heterocycles. The van der Waals surface area contributed by atoms with E-state index in [1.807, 2.05) is 30.5 Å². The Kier molecular flexibility index (Phi) is 3.98. The maximum Gasteiger partial charge on any atom is 0.236 e. The molecule has 3 nitrogen and oxygen atoms in total. The van der Waals surface area contributed by atoms with Gasteiger partial charge in [-0.1, -0.05) is 43.0 Å². The Morgan fingerprint density at radius 3 is 2.61 bits per heavy atom. The monoisotopic (exact) mass is 347 g/mol. The van der Waals surface area contributed by atoms with Crippen molar-refractivity contribution in [2.45, 2.75) is 49.8 Å². The van der Waals surface area contributed by atoms with E-state index in [4.69, 9.17) is 0 Å². The lowest BCUT2D eigenvalue weighted by Crippen LogP contribution is -2.60. The van der Waals surface area contributed by atoms with Gasteiger partial charge < -0.3 is 10.0 Å². The summed E-state index contributed by atoms with van der Waals surface area (Å²) in [5, 5.41) is 10.8. The van der Waals surface area contributed by atoms with Crippen molar-refractivity contribution in [2.24, 2.45) is 5.92 Å². The minimum Gasteiger partial charge on any atom is -0.392 e. The van der Waals surface area contributed by atoms with Gasteiger partial charge in [0.25, 0.3) is 0 Å². The third kappa shape index (κ3) is 2.44. The van der Waals surface area contributed by atoms with E-state index < -0.39 is 6.10 Å². The Labute approximate surface area is 145 Å². The summed E-state index contributed by atoms with van der Waals surface area (Å²) in [6.07, 6.45) is 2.35. The summed E-state index contributed by atoms with van der Waals surface area (Å²) in [4.78, 5) is 14.2. The van der Waals surface area contributed by atoms with Gasteiger partial charge in [0.2, 0.25) is 5.91 Å². The number of carbonyl (C=O) groups is 1. The number of amides is 1. The molecule has 3 atom stereocenters. The molecule has 5 heteroatoms. The fraction of sp³-hybridized carbons (Fsp3) is 0.500. The summed E-state index contributed by atoms with van der Waals surface area (Å²) >= 11 is 3.69. The van der Waals surface area contributed by atoms with Gasteiger partial charge in [0, 0.05) is 10.9 Å². The zero-order chi connectivity index (χ0) is 16.1. The lowest BCUT2D eigenvalue weighted by Gasteiger charge is -2.44. The van der Waals surface area contributed by atoms with E-state index in [1.165, 1.54) is 15.4 Å². The molecule has 1 fully saturated rings. The van der Waals surface area contributed by atoms with Crippen LogP contribution in [0.2, 0.25) is 0 Å². The second kappa shape index (κ2) is 5.87. The molecule has 1 aromatic carbocycles. The molecule has 23 heavy (non-hydrogen) atoms. The molecular formula is C18H21NO2S2. The zero-order valence-electron chi connectivity index (χ0n) is 13.4. The van der Waals surface area contributed by atoms with Crippen LogP contribution < -0.4 is 0 Å². The van der Waals surface area contributed by atoms with Crippen molar-refractivity contribution in [3.63, 3.8) is 0 Å². The van der Waals surface area contributed by atoms with Crippen LogP contribution in [0.25, 0.3) is 0 Å². The van der Waals surface area contributed by atoms with Gasteiger partial charge in [-0.3, -0.25) is 4.79 Å². The summed E-state index contributed by atoms with van der Waals surface area (Å²) in [6, 6.07) is 8.68. The lowest BCUT2D eigenvalue weighted by atomic mass is 9.90. The molecule has 0 saturated carbocycles. The summed E-state index contributed by atoms with van der Waals surface area (Å²) in [6.45, 7) is 3.98. The predicted molar refractivity (Wildman–Crippen MR) is 95.9 cm³/mol. The van der Waals surface area contributed by atoms with E-state index in [-0.39, 0.29) is 17.2 Å². The van der Waals surface area contributed by atoms with Crippen LogP contribution in [-0.4, -0.2) is 32.6 Å². The highest BCUT2D eigenvalue weighted by atomic mass is 32.2.